The lowest BCUT2D eigenvalue weighted by Crippen LogP contribution is -2.45. The fourth-order valence-electron chi connectivity index (χ4n) is 3.14. The van der Waals surface area contributed by atoms with E-state index in [1.54, 1.807) is 6.26 Å². The van der Waals surface area contributed by atoms with Crippen LogP contribution in [-0.2, 0) is 6.54 Å². The van der Waals surface area contributed by atoms with Gasteiger partial charge in [0.2, 0.25) is 0 Å². The zero-order chi connectivity index (χ0) is 16.5. The number of guanidine groups is 1. The Balaban J connectivity index is 0.00000288. The van der Waals surface area contributed by atoms with E-state index < -0.39 is 0 Å². The van der Waals surface area contributed by atoms with Crippen molar-refractivity contribution in [3.8, 4) is 0 Å². The molecule has 2 N–H and O–H groups in total. The second-order valence-corrected chi connectivity index (χ2v) is 6.82. The van der Waals surface area contributed by atoms with Gasteiger partial charge in [-0.05, 0) is 50.3 Å². The van der Waals surface area contributed by atoms with Crippen LogP contribution in [0.1, 0.15) is 39.4 Å². The number of piperidine rings is 1. The molecule has 1 aromatic heterocycles. The Kier molecular flexibility index (Phi) is 10.4. The normalized spacial score (nSPS) is 19.2. The van der Waals surface area contributed by atoms with Gasteiger partial charge in [-0.25, -0.2) is 4.99 Å². The molecule has 1 saturated heterocycles. The molecule has 0 aliphatic carbocycles. The highest BCUT2D eigenvalue weighted by molar-refractivity contribution is 14.0. The Morgan fingerprint density at radius 2 is 2.25 bits per heavy atom. The van der Waals surface area contributed by atoms with Gasteiger partial charge in [0, 0.05) is 26.2 Å². The topological polar surface area (TPSA) is 52.8 Å². The largest absolute Gasteiger partial charge is 0.467 e. The maximum Gasteiger partial charge on any atom is 0.191 e. The van der Waals surface area contributed by atoms with Crippen LogP contribution >= 0.6 is 24.0 Å². The van der Waals surface area contributed by atoms with E-state index in [1.807, 2.05) is 12.1 Å². The lowest BCUT2D eigenvalue weighted by Gasteiger charge is -2.34. The molecule has 1 aromatic rings. The van der Waals surface area contributed by atoms with Crippen molar-refractivity contribution in [1.29, 1.82) is 0 Å². The van der Waals surface area contributed by atoms with Gasteiger partial charge in [0.15, 0.2) is 5.96 Å². The van der Waals surface area contributed by atoms with Crippen LogP contribution in [0.15, 0.2) is 27.8 Å². The molecule has 1 fully saturated rings. The summed E-state index contributed by atoms with van der Waals surface area (Å²) in [4.78, 5) is 7.20. The summed E-state index contributed by atoms with van der Waals surface area (Å²) in [5.41, 5.74) is 0. The van der Waals surface area contributed by atoms with E-state index in [0.29, 0.717) is 12.5 Å². The van der Waals surface area contributed by atoms with Crippen molar-refractivity contribution < 1.29 is 4.42 Å². The first kappa shape index (κ1) is 21.3. The fourth-order valence-corrected chi connectivity index (χ4v) is 3.14. The van der Waals surface area contributed by atoms with Crippen LogP contribution in [0.2, 0.25) is 0 Å². The van der Waals surface area contributed by atoms with Crippen molar-refractivity contribution in [3.05, 3.63) is 24.2 Å². The van der Waals surface area contributed by atoms with Crippen molar-refractivity contribution in [1.82, 2.24) is 15.5 Å². The van der Waals surface area contributed by atoms with Gasteiger partial charge < -0.3 is 20.0 Å². The summed E-state index contributed by atoms with van der Waals surface area (Å²) in [6.07, 6.45) is 4.30. The smallest absolute Gasteiger partial charge is 0.191 e. The minimum atomic E-state index is 0. The lowest BCUT2D eigenvalue weighted by molar-refractivity contribution is 0.159. The van der Waals surface area contributed by atoms with Crippen molar-refractivity contribution >= 4 is 29.9 Å². The second kappa shape index (κ2) is 11.7. The predicted molar refractivity (Wildman–Crippen MR) is 111 cm³/mol. The highest BCUT2D eigenvalue weighted by atomic mass is 127. The molecule has 1 atom stereocenters. The fraction of sp³-hybridized carbons (Fsp3) is 0.722. The molecule has 6 heteroatoms. The van der Waals surface area contributed by atoms with Gasteiger partial charge >= 0.3 is 0 Å². The van der Waals surface area contributed by atoms with Crippen molar-refractivity contribution in [2.24, 2.45) is 16.8 Å². The highest BCUT2D eigenvalue weighted by Gasteiger charge is 2.20. The van der Waals surface area contributed by atoms with E-state index in [0.717, 1.165) is 30.7 Å². The van der Waals surface area contributed by atoms with Gasteiger partial charge in [-0.3, -0.25) is 0 Å². The zero-order valence-electron chi connectivity index (χ0n) is 15.3. The molecule has 0 aromatic carbocycles. The Hall–Kier alpha value is -0.760. The predicted octanol–water partition coefficient (Wildman–Crippen LogP) is 3.32. The van der Waals surface area contributed by atoms with Crippen molar-refractivity contribution in [2.75, 3.05) is 32.7 Å². The lowest BCUT2D eigenvalue weighted by atomic mass is 9.97. The van der Waals surface area contributed by atoms with E-state index in [4.69, 9.17) is 4.42 Å². The molecular formula is C18H33IN4O. The average Bonchev–Trinajstić information content (AvgIpc) is 3.03. The first-order valence-corrected chi connectivity index (χ1v) is 8.94. The molecule has 5 nitrogen and oxygen atoms in total. The molecule has 1 unspecified atom stereocenters. The van der Waals surface area contributed by atoms with Crippen LogP contribution in [-0.4, -0.2) is 43.6 Å². The molecule has 0 amide bonds. The number of nitrogens with zero attached hydrogens (tertiary/aromatic N) is 2. The van der Waals surface area contributed by atoms with Crippen LogP contribution in [0.5, 0.6) is 0 Å². The maximum absolute atomic E-state index is 5.34. The molecular weight excluding hydrogens is 415 g/mol. The first-order chi connectivity index (χ1) is 11.2. The quantitative estimate of drug-likeness (QED) is 0.382. The van der Waals surface area contributed by atoms with Crippen LogP contribution in [0.4, 0.5) is 0 Å². The molecule has 1 aliphatic heterocycles. The Labute approximate surface area is 163 Å². The summed E-state index contributed by atoms with van der Waals surface area (Å²) < 4.78 is 5.34. The van der Waals surface area contributed by atoms with Gasteiger partial charge in [0.25, 0.3) is 0 Å². The maximum atomic E-state index is 5.34. The number of likely N-dealkylation sites (tertiary alicyclic amines) is 1. The number of hydrogen-bond acceptors (Lipinski definition) is 3. The number of halogens is 1. The summed E-state index contributed by atoms with van der Waals surface area (Å²) in [6.45, 7) is 12.8. The van der Waals surface area contributed by atoms with E-state index in [-0.39, 0.29) is 24.0 Å². The Morgan fingerprint density at radius 3 is 2.92 bits per heavy atom. The van der Waals surface area contributed by atoms with E-state index >= 15 is 0 Å². The molecule has 2 heterocycles. The standard InChI is InChI=1S/C18H32N4O.HI/c1-4-19-18(21-12-17-8-6-10-23-17)20-11-16-7-5-9-22(14-16)13-15(2)3;/h6,8,10,15-16H,4-5,7,9,11-14H2,1-3H3,(H2,19,20,21);1H. The summed E-state index contributed by atoms with van der Waals surface area (Å²) in [5.74, 6) is 3.22. The monoisotopic (exact) mass is 448 g/mol. The third-order valence-electron chi connectivity index (χ3n) is 4.10. The van der Waals surface area contributed by atoms with Crippen molar-refractivity contribution in [2.45, 2.75) is 40.2 Å². The minimum absolute atomic E-state index is 0. The molecule has 0 bridgehead atoms. The molecule has 24 heavy (non-hydrogen) atoms. The zero-order valence-corrected chi connectivity index (χ0v) is 17.6. The second-order valence-electron chi connectivity index (χ2n) is 6.82. The number of rotatable bonds is 7. The van der Waals surface area contributed by atoms with E-state index in [9.17, 15) is 0 Å². The SMILES string of the molecule is CCNC(=NCc1ccco1)NCC1CCCN(CC(C)C)C1.I. The minimum Gasteiger partial charge on any atom is -0.467 e. The summed E-state index contributed by atoms with van der Waals surface area (Å²) >= 11 is 0. The molecule has 2 rings (SSSR count). The molecule has 0 spiro atoms. The van der Waals surface area contributed by atoms with Gasteiger partial charge in [0.1, 0.15) is 12.3 Å². The molecule has 0 saturated carbocycles. The van der Waals surface area contributed by atoms with E-state index in [2.05, 4.69) is 41.3 Å². The number of aliphatic imine (C=N–C) groups is 1. The van der Waals surface area contributed by atoms with Crippen LogP contribution in [0.3, 0.4) is 0 Å². The average molecular weight is 448 g/mol. The van der Waals surface area contributed by atoms with Gasteiger partial charge in [-0.15, -0.1) is 24.0 Å². The first-order valence-electron chi connectivity index (χ1n) is 8.94. The number of hydrogen-bond donors (Lipinski definition) is 2. The van der Waals surface area contributed by atoms with Crippen molar-refractivity contribution in [3.63, 3.8) is 0 Å². The van der Waals surface area contributed by atoms with Crippen LogP contribution < -0.4 is 10.6 Å². The van der Waals surface area contributed by atoms with E-state index in [1.165, 1.54) is 32.5 Å². The highest BCUT2D eigenvalue weighted by Crippen LogP contribution is 2.16. The third-order valence-corrected chi connectivity index (χ3v) is 4.10. The van der Waals surface area contributed by atoms with Crippen LogP contribution in [0, 0.1) is 11.8 Å². The Morgan fingerprint density at radius 1 is 1.42 bits per heavy atom. The van der Waals surface area contributed by atoms with Gasteiger partial charge in [0.05, 0.1) is 6.26 Å². The summed E-state index contributed by atoms with van der Waals surface area (Å²) in [7, 11) is 0. The molecule has 1 aliphatic rings. The Bertz CT molecular complexity index is 462. The molecule has 0 radical (unpaired) electrons. The van der Waals surface area contributed by atoms with Crippen LogP contribution in [0.25, 0.3) is 0 Å². The van der Waals surface area contributed by atoms with Gasteiger partial charge in [-0.1, -0.05) is 13.8 Å². The summed E-state index contributed by atoms with van der Waals surface area (Å²) in [6, 6.07) is 3.86. The number of furan rings is 1. The molecule has 138 valence electrons. The van der Waals surface area contributed by atoms with Gasteiger partial charge in [-0.2, -0.15) is 0 Å². The number of nitrogens with one attached hydrogen (secondary N) is 2. The summed E-state index contributed by atoms with van der Waals surface area (Å²) in [5, 5.41) is 6.81. The third kappa shape index (κ3) is 7.88.